The number of aryl methyl sites for hydroxylation is 1. The van der Waals surface area contributed by atoms with E-state index in [0.717, 1.165) is 6.42 Å². The van der Waals surface area contributed by atoms with Gasteiger partial charge in [-0.25, -0.2) is 0 Å². The summed E-state index contributed by atoms with van der Waals surface area (Å²) in [6.45, 7) is 12.9. The molecular weight excluding hydrogens is 509 g/mol. The van der Waals surface area contributed by atoms with E-state index >= 15 is 0 Å². The molecule has 1 heterocycles. The Morgan fingerprint density at radius 3 is 2.13 bits per heavy atom. The van der Waals surface area contributed by atoms with Crippen LogP contribution in [0.5, 0.6) is 0 Å². The summed E-state index contributed by atoms with van der Waals surface area (Å²) in [5, 5.41) is 0. The molecule has 1 aliphatic rings. The van der Waals surface area contributed by atoms with Crippen LogP contribution in [-0.2, 0) is 11.2 Å². The third-order valence-electron chi connectivity index (χ3n) is 6.77. The summed E-state index contributed by atoms with van der Waals surface area (Å²) < 4.78 is 12.0. The van der Waals surface area contributed by atoms with Crippen LogP contribution < -0.4 is 2.89 Å². The van der Waals surface area contributed by atoms with Crippen LogP contribution in [0.15, 0.2) is 6.07 Å². The first-order valence-electron chi connectivity index (χ1n) is 12.8. The normalized spacial score (nSPS) is 16.8. The SMILES string of the molecule is CCC[CH2][Sn]([CH2]CCC)([CH2]CCC)[c]1cc2c(s1)C(N(C)C(=O)OC(C)(C)C)CCC2. The van der Waals surface area contributed by atoms with Crippen LogP contribution in [0, 0.1) is 0 Å². The standard InChI is InChI=1S/C14H20NO2S.3C4H9.Sn/c1-14(2,3)17-13(16)15(4)11-7-5-6-10-8-9-18-12(10)11;3*1-3-4-2;/h8,11H,5-7H2,1-4H3;3*1,3-4H2,2H3;. The van der Waals surface area contributed by atoms with Gasteiger partial charge in [0, 0.05) is 0 Å². The van der Waals surface area contributed by atoms with Crippen molar-refractivity contribution in [2.45, 2.75) is 124 Å². The van der Waals surface area contributed by atoms with E-state index in [1.165, 1.54) is 75.1 Å². The zero-order chi connectivity index (χ0) is 23.1. The molecule has 0 bridgehead atoms. The summed E-state index contributed by atoms with van der Waals surface area (Å²) >= 11 is -0.315. The third-order valence-corrected chi connectivity index (χ3v) is 26.3. The number of rotatable bonds is 11. The molecule has 31 heavy (non-hydrogen) atoms. The summed E-state index contributed by atoms with van der Waals surface area (Å²) in [6, 6.07) is 2.82. The van der Waals surface area contributed by atoms with Gasteiger partial charge < -0.3 is 0 Å². The number of nitrogens with zero attached hydrogens (tertiary/aromatic N) is 1. The second-order valence-corrected chi connectivity index (χ2v) is 25.8. The first kappa shape index (κ1) is 27.0. The first-order chi connectivity index (χ1) is 14.7. The van der Waals surface area contributed by atoms with Gasteiger partial charge in [-0.15, -0.1) is 0 Å². The molecule has 0 fully saturated rings. The van der Waals surface area contributed by atoms with E-state index in [2.05, 4.69) is 38.2 Å². The molecule has 0 N–H and O–H groups in total. The summed E-state index contributed by atoms with van der Waals surface area (Å²) in [5.74, 6) is 0. The molecule has 1 unspecified atom stereocenters. The Morgan fingerprint density at radius 1 is 1.10 bits per heavy atom. The van der Waals surface area contributed by atoms with Crippen LogP contribution in [0.2, 0.25) is 13.3 Å². The van der Waals surface area contributed by atoms with Crippen molar-refractivity contribution in [1.82, 2.24) is 4.90 Å². The van der Waals surface area contributed by atoms with E-state index in [4.69, 9.17) is 4.74 Å². The van der Waals surface area contributed by atoms with Crippen molar-refractivity contribution in [2.24, 2.45) is 0 Å². The topological polar surface area (TPSA) is 29.5 Å². The zero-order valence-electron chi connectivity index (χ0n) is 21.3. The Bertz CT molecular complexity index is 672. The Hall–Kier alpha value is -0.231. The number of thiophene rings is 1. The molecule has 1 amide bonds. The molecular formula is C26H47NO2SSn. The van der Waals surface area contributed by atoms with Crippen LogP contribution in [0.4, 0.5) is 4.79 Å². The molecule has 1 aromatic rings. The average molecular weight is 556 g/mol. The Kier molecular flexibility index (Phi) is 10.7. The summed E-state index contributed by atoms with van der Waals surface area (Å²) in [7, 11) is 1.94. The fourth-order valence-electron chi connectivity index (χ4n) is 4.92. The van der Waals surface area contributed by atoms with Crippen molar-refractivity contribution in [3.05, 3.63) is 16.5 Å². The molecule has 1 aromatic heterocycles. The molecule has 0 aromatic carbocycles. The van der Waals surface area contributed by atoms with Gasteiger partial charge in [0.25, 0.3) is 0 Å². The molecule has 0 spiro atoms. The predicted molar refractivity (Wildman–Crippen MR) is 139 cm³/mol. The van der Waals surface area contributed by atoms with Crippen LogP contribution >= 0.6 is 11.3 Å². The van der Waals surface area contributed by atoms with E-state index in [-0.39, 0.29) is 12.1 Å². The Morgan fingerprint density at radius 2 is 1.65 bits per heavy atom. The predicted octanol–water partition coefficient (Wildman–Crippen LogP) is 8.05. The zero-order valence-corrected chi connectivity index (χ0v) is 25.0. The van der Waals surface area contributed by atoms with Crippen LogP contribution in [0.25, 0.3) is 0 Å². The molecule has 1 aliphatic carbocycles. The van der Waals surface area contributed by atoms with Gasteiger partial charge in [-0.3, -0.25) is 0 Å². The first-order valence-corrected chi connectivity index (χ1v) is 21.1. The van der Waals surface area contributed by atoms with Gasteiger partial charge >= 0.3 is 201 Å². The van der Waals surface area contributed by atoms with Crippen LogP contribution in [0.1, 0.15) is 109 Å². The number of hydrogen-bond donors (Lipinski definition) is 0. The van der Waals surface area contributed by atoms with Gasteiger partial charge in [0.2, 0.25) is 0 Å². The van der Waals surface area contributed by atoms with E-state index in [9.17, 15) is 4.79 Å². The number of amides is 1. The molecule has 5 heteroatoms. The molecule has 0 saturated carbocycles. The summed E-state index contributed by atoms with van der Waals surface area (Å²) in [6.07, 6.45) is 11.4. The van der Waals surface area contributed by atoms with Crippen molar-refractivity contribution < 1.29 is 9.53 Å². The molecule has 0 aliphatic heterocycles. The molecule has 0 radical (unpaired) electrons. The van der Waals surface area contributed by atoms with E-state index in [1.54, 1.807) is 2.89 Å². The fraction of sp³-hybridized carbons (Fsp3) is 0.808. The molecule has 178 valence electrons. The fourth-order valence-corrected chi connectivity index (χ4v) is 25.6. The molecule has 3 nitrogen and oxygen atoms in total. The number of hydrogen-bond acceptors (Lipinski definition) is 3. The molecule has 1 atom stereocenters. The van der Waals surface area contributed by atoms with E-state index in [1.807, 2.05) is 32.7 Å². The number of carbonyl (C=O) groups excluding carboxylic acids is 1. The second-order valence-electron chi connectivity index (χ2n) is 10.6. The average Bonchev–Trinajstić information content (AvgIpc) is 3.16. The Balaban J connectivity index is 2.38. The number of fused-ring (bicyclic) bond motifs is 1. The molecule has 0 saturated heterocycles. The van der Waals surface area contributed by atoms with Gasteiger partial charge in [-0.05, 0) is 0 Å². The monoisotopic (exact) mass is 557 g/mol. The van der Waals surface area contributed by atoms with Gasteiger partial charge in [0.1, 0.15) is 0 Å². The van der Waals surface area contributed by atoms with Crippen molar-refractivity contribution in [3.8, 4) is 0 Å². The van der Waals surface area contributed by atoms with E-state index < -0.39 is 24.0 Å². The van der Waals surface area contributed by atoms with Crippen LogP contribution in [-0.4, -0.2) is 42.0 Å². The van der Waals surface area contributed by atoms with Crippen LogP contribution in [0.3, 0.4) is 0 Å². The number of ether oxygens (including phenoxy) is 1. The minimum absolute atomic E-state index is 0.182. The van der Waals surface area contributed by atoms with Gasteiger partial charge in [0.05, 0.1) is 0 Å². The van der Waals surface area contributed by atoms with Crippen molar-refractivity contribution >= 4 is 38.7 Å². The van der Waals surface area contributed by atoms with E-state index in [0.29, 0.717) is 0 Å². The maximum atomic E-state index is 12.8. The summed E-state index contributed by atoms with van der Waals surface area (Å²) in [4.78, 5) is 16.2. The van der Waals surface area contributed by atoms with Crippen molar-refractivity contribution in [3.63, 3.8) is 0 Å². The number of unbranched alkanes of at least 4 members (excludes halogenated alkanes) is 3. The quantitative estimate of drug-likeness (QED) is 0.258. The van der Waals surface area contributed by atoms with Crippen molar-refractivity contribution in [1.29, 1.82) is 0 Å². The minimum atomic E-state index is -2.42. The van der Waals surface area contributed by atoms with Gasteiger partial charge in [0.15, 0.2) is 0 Å². The maximum absolute atomic E-state index is 12.8. The number of carbonyl (C=O) groups is 1. The summed E-state index contributed by atoms with van der Waals surface area (Å²) in [5.41, 5.74) is 1.09. The van der Waals surface area contributed by atoms with Gasteiger partial charge in [-0.2, -0.15) is 0 Å². The Labute approximate surface area is 200 Å². The van der Waals surface area contributed by atoms with Crippen molar-refractivity contribution in [2.75, 3.05) is 7.05 Å². The van der Waals surface area contributed by atoms with Gasteiger partial charge in [-0.1, -0.05) is 0 Å². The molecule has 2 rings (SSSR count). The third kappa shape index (κ3) is 7.38. The second kappa shape index (κ2) is 12.3.